The molecular formula is C15H20ClNO3. The van der Waals surface area contributed by atoms with Crippen molar-refractivity contribution in [3.63, 3.8) is 0 Å². The molecular weight excluding hydrogens is 278 g/mol. The van der Waals surface area contributed by atoms with E-state index in [-0.39, 0.29) is 0 Å². The van der Waals surface area contributed by atoms with Gasteiger partial charge in [0.2, 0.25) is 0 Å². The van der Waals surface area contributed by atoms with Crippen molar-refractivity contribution in [3.8, 4) is 11.5 Å². The fourth-order valence-corrected chi connectivity index (χ4v) is 2.84. The average molecular weight is 298 g/mol. The molecule has 2 aliphatic rings. The third-order valence-electron chi connectivity index (χ3n) is 3.68. The molecule has 4 nitrogen and oxygen atoms in total. The summed E-state index contributed by atoms with van der Waals surface area (Å²) in [7, 11) is 0. The minimum atomic E-state index is 0.526. The Morgan fingerprint density at radius 1 is 1.10 bits per heavy atom. The molecule has 0 atom stereocenters. The van der Waals surface area contributed by atoms with Gasteiger partial charge in [-0.05, 0) is 30.5 Å². The second-order valence-electron chi connectivity index (χ2n) is 5.22. The highest BCUT2D eigenvalue weighted by Crippen LogP contribution is 2.38. The van der Waals surface area contributed by atoms with E-state index in [1.54, 1.807) is 0 Å². The lowest BCUT2D eigenvalue weighted by atomic mass is 10.1. The van der Waals surface area contributed by atoms with Gasteiger partial charge in [0.25, 0.3) is 0 Å². The van der Waals surface area contributed by atoms with E-state index in [1.807, 2.05) is 12.1 Å². The summed E-state index contributed by atoms with van der Waals surface area (Å²) in [6.45, 7) is 3.83. The van der Waals surface area contributed by atoms with E-state index in [0.717, 1.165) is 50.3 Å². The number of ether oxygens (including phenoxy) is 3. The van der Waals surface area contributed by atoms with Crippen molar-refractivity contribution in [1.82, 2.24) is 5.32 Å². The fraction of sp³-hybridized carbons (Fsp3) is 0.600. The maximum atomic E-state index is 6.29. The summed E-state index contributed by atoms with van der Waals surface area (Å²) in [6, 6.07) is 4.51. The maximum Gasteiger partial charge on any atom is 0.179 e. The lowest BCUT2D eigenvalue weighted by Crippen LogP contribution is -2.34. The summed E-state index contributed by atoms with van der Waals surface area (Å²) in [5, 5.41) is 4.19. The van der Waals surface area contributed by atoms with Crippen molar-refractivity contribution in [3.05, 3.63) is 22.7 Å². The number of hydrogen-bond donors (Lipinski definition) is 1. The van der Waals surface area contributed by atoms with Gasteiger partial charge in [-0.25, -0.2) is 0 Å². The molecule has 2 heterocycles. The molecule has 110 valence electrons. The molecule has 0 radical (unpaired) electrons. The summed E-state index contributed by atoms with van der Waals surface area (Å²) in [5.74, 6) is 1.44. The van der Waals surface area contributed by atoms with Crippen LogP contribution in [0.1, 0.15) is 24.8 Å². The predicted octanol–water partition coefficient (Wildman–Crippen LogP) is 2.77. The highest BCUT2D eigenvalue weighted by molar-refractivity contribution is 6.32. The molecule has 0 bridgehead atoms. The Balaban J connectivity index is 1.67. The Morgan fingerprint density at radius 2 is 1.90 bits per heavy atom. The van der Waals surface area contributed by atoms with Gasteiger partial charge in [-0.1, -0.05) is 11.6 Å². The van der Waals surface area contributed by atoms with Gasteiger partial charge in [-0.3, -0.25) is 0 Å². The van der Waals surface area contributed by atoms with Crippen molar-refractivity contribution >= 4 is 11.6 Å². The van der Waals surface area contributed by atoms with Crippen molar-refractivity contribution < 1.29 is 14.2 Å². The molecule has 20 heavy (non-hydrogen) atoms. The number of fused-ring (bicyclic) bond motifs is 1. The standard InChI is InChI=1S/C15H20ClNO3/c16-13-8-11(10-17-12-2-6-18-7-3-12)9-14-15(13)20-5-1-4-19-14/h8-9,12,17H,1-7,10H2. The van der Waals surface area contributed by atoms with Gasteiger partial charge >= 0.3 is 0 Å². The summed E-state index contributed by atoms with van der Waals surface area (Å²) >= 11 is 6.29. The largest absolute Gasteiger partial charge is 0.489 e. The van der Waals surface area contributed by atoms with Crippen LogP contribution in [0.3, 0.4) is 0 Å². The van der Waals surface area contributed by atoms with Gasteiger partial charge in [-0.15, -0.1) is 0 Å². The Morgan fingerprint density at radius 3 is 2.75 bits per heavy atom. The zero-order chi connectivity index (χ0) is 13.8. The van der Waals surface area contributed by atoms with E-state index < -0.39 is 0 Å². The quantitative estimate of drug-likeness (QED) is 0.931. The molecule has 1 fully saturated rings. The number of hydrogen-bond acceptors (Lipinski definition) is 4. The monoisotopic (exact) mass is 297 g/mol. The predicted molar refractivity (Wildman–Crippen MR) is 77.7 cm³/mol. The molecule has 0 unspecified atom stereocenters. The van der Waals surface area contributed by atoms with E-state index in [1.165, 1.54) is 0 Å². The Labute approximate surface area is 124 Å². The lowest BCUT2D eigenvalue weighted by molar-refractivity contribution is 0.0776. The van der Waals surface area contributed by atoms with E-state index in [9.17, 15) is 0 Å². The van der Waals surface area contributed by atoms with Crippen molar-refractivity contribution in [2.45, 2.75) is 31.8 Å². The Hall–Kier alpha value is -0.970. The highest BCUT2D eigenvalue weighted by atomic mass is 35.5. The van der Waals surface area contributed by atoms with Crippen LogP contribution in [-0.4, -0.2) is 32.5 Å². The minimum Gasteiger partial charge on any atom is -0.489 e. The summed E-state index contributed by atoms with van der Waals surface area (Å²) in [6.07, 6.45) is 3.03. The molecule has 1 saturated heterocycles. The molecule has 0 aromatic heterocycles. The van der Waals surface area contributed by atoms with E-state index in [2.05, 4.69) is 5.32 Å². The number of nitrogens with one attached hydrogen (secondary N) is 1. The Bertz CT molecular complexity index is 461. The zero-order valence-corrected chi connectivity index (χ0v) is 12.2. The van der Waals surface area contributed by atoms with Crippen LogP contribution in [0.25, 0.3) is 0 Å². The Kier molecular flexibility index (Phi) is 4.65. The zero-order valence-electron chi connectivity index (χ0n) is 11.5. The first-order chi connectivity index (χ1) is 9.83. The SMILES string of the molecule is Clc1cc(CNC2CCOCC2)cc2c1OCCCO2. The van der Waals surface area contributed by atoms with Gasteiger partial charge < -0.3 is 19.5 Å². The molecule has 5 heteroatoms. The van der Waals surface area contributed by atoms with Crippen LogP contribution in [-0.2, 0) is 11.3 Å². The smallest absolute Gasteiger partial charge is 0.179 e. The van der Waals surface area contributed by atoms with Crippen LogP contribution in [0.4, 0.5) is 0 Å². The van der Waals surface area contributed by atoms with Crippen LogP contribution in [0.15, 0.2) is 12.1 Å². The van der Waals surface area contributed by atoms with Crippen LogP contribution in [0.5, 0.6) is 11.5 Å². The minimum absolute atomic E-state index is 0.526. The average Bonchev–Trinajstić information content (AvgIpc) is 2.72. The molecule has 2 aliphatic heterocycles. The van der Waals surface area contributed by atoms with E-state index in [0.29, 0.717) is 30.0 Å². The number of benzene rings is 1. The third kappa shape index (κ3) is 3.37. The molecule has 1 aromatic carbocycles. The maximum absolute atomic E-state index is 6.29. The van der Waals surface area contributed by atoms with Gasteiger partial charge in [0.15, 0.2) is 11.5 Å². The van der Waals surface area contributed by atoms with Gasteiger partial charge in [0, 0.05) is 32.2 Å². The summed E-state index contributed by atoms with van der Waals surface area (Å²) < 4.78 is 16.7. The molecule has 0 amide bonds. The molecule has 0 aliphatic carbocycles. The van der Waals surface area contributed by atoms with E-state index >= 15 is 0 Å². The van der Waals surface area contributed by atoms with Crippen LogP contribution < -0.4 is 14.8 Å². The third-order valence-corrected chi connectivity index (χ3v) is 3.96. The molecule has 0 spiro atoms. The van der Waals surface area contributed by atoms with Crippen LogP contribution >= 0.6 is 11.6 Å². The molecule has 0 saturated carbocycles. The molecule has 3 rings (SSSR count). The number of rotatable bonds is 3. The molecule has 1 aromatic rings. The van der Waals surface area contributed by atoms with E-state index in [4.69, 9.17) is 25.8 Å². The highest BCUT2D eigenvalue weighted by Gasteiger charge is 2.17. The van der Waals surface area contributed by atoms with Crippen LogP contribution in [0.2, 0.25) is 5.02 Å². The summed E-state index contributed by atoms with van der Waals surface area (Å²) in [5.41, 5.74) is 1.13. The first-order valence-electron chi connectivity index (χ1n) is 7.22. The second kappa shape index (κ2) is 6.66. The lowest BCUT2D eigenvalue weighted by Gasteiger charge is -2.23. The van der Waals surface area contributed by atoms with Crippen molar-refractivity contribution in [2.75, 3.05) is 26.4 Å². The first kappa shape index (κ1) is 14.0. The normalized spacial score (nSPS) is 19.6. The van der Waals surface area contributed by atoms with Crippen molar-refractivity contribution in [2.24, 2.45) is 0 Å². The second-order valence-corrected chi connectivity index (χ2v) is 5.63. The van der Waals surface area contributed by atoms with Crippen LogP contribution in [0, 0.1) is 0 Å². The van der Waals surface area contributed by atoms with Gasteiger partial charge in [-0.2, -0.15) is 0 Å². The fourth-order valence-electron chi connectivity index (χ4n) is 2.55. The molecule has 1 N–H and O–H groups in total. The first-order valence-corrected chi connectivity index (χ1v) is 7.60. The van der Waals surface area contributed by atoms with Gasteiger partial charge in [0.05, 0.1) is 18.2 Å². The summed E-state index contributed by atoms with van der Waals surface area (Å²) in [4.78, 5) is 0. The van der Waals surface area contributed by atoms with Crippen molar-refractivity contribution in [1.29, 1.82) is 0 Å². The van der Waals surface area contributed by atoms with Gasteiger partial charge in [0.1, 0.15) is 0 Å². The number of halogens is 1. The topological polar surface area (TPSA) is 39.7 Å².